The van der Waals surface area contributed by atoms with Gasteiger partial charge < -0.3 is 14.2 Å². The molecule has 0 aliphatic carbocycles. The third-order valence-corrected chi connectivity index (χ3v) is 6.07. The fraction of sp³-hybridized carbons (Fsp3) is 0.423. The maximum Gasteiger partial charge on any atom is 0.245 e. The highest BCUT2D eigenvalue weighted by molar-refractivity contribution is 5.88. The van der Waals surface area contributed by atoms with Crippen LogP contribution in [-0.4, -0.2) is 59.6 Å². The summed E-state index contributed by atoms with van der Waals surface area (Å²) in [6, 6.07) is 18.4. The molecular formula is C26H33N3O2. The monoisotopic (exact) mass is 419 g/mol. The van der Waals surface area contributed by atoms with Crippen LogP contribution in [0.5, 0.6) is 5.75 Å². The van der Waals surface area contributed by atoms with Crippen molar-refractivity contribution in [2.75, 3.05) is 39.3 Å². The number of piperazine rings is 1. The molecule has 0 saturated carbocycles. The number of carbonyl (C=O) groups is 1. The number of hydrogen-bond acceptors (Lipinski definition) is 3. The van der Waals surface area contributed by atoms with Crippen molar-refractivity contribution in [2.45, 2.75) is 26.3 Å². The third-order valence-electron chi connectivity index (χ3n) is 6.07. The lowest BCUT2D eigenvalue weighted by Gasteiger charge is -2.37. The normalized spacial score (nSPS) is 16.0. The van der Waals surface area contributed by atoms with Gasteiger partial charge in [0, 0.05) is 50.5 Å². The molecule has 1 fully saturated rings. The first kappa shape index (κ1) is 21.4. The third kappa shape index (κ3) is 5.28. The predicted molar refractivity (Wildman–Crippen MR) is 125 cm³/mol. The van der Waals surface area contributed by atoms with Crippen molar-refractivity contribution in [1.82, 2.24) is 14.4 Å². The Bertz CT molecular complexity index is 970. The number of amides is 1. The number of rotatable bonds is 8. The van der Waals surface area contributed by atoms with Gasteiger partial charge >= 0.3 is 0 Å². The molecule has 1 saturated heterocycles. The first-order chi connectivity index (χ1) is 15.1. The van der Waals surface area contributed by atoms with Gasteiger partial charge in [-0.05, 0) is 35.9 Å². The van der Waals surface area contributed by atoms with Crippen LogP contribution in [0.3, 0.4) is 0 Å². The summed E-state index contributed by atoms with van der Waals surface area (Å²) in [4.78, 5) is 17.7. The van der Waals surface area contributed by atoms with E-state index in [0.717, 1.165) is 50.3 Å². The summed E-state index contributed by atoms with van der Waals surface area (Å²) in [7, 11) is 0. The molecule has 1 unspecified atom stereocenters. The Morgan fingerprint density at radius 1 is 0.935 bits per heavy atom. The Morgan fingerprint density at radius 2 is 1.65 bits per heavy atom. The van der Waals surface area contributed by atoms with Crippen LogP contribution in [0.1, 0.15) is 26.3 Å². The average Bonchev–Trinajstić information content (AvgIpc) is 3.32. The Morgan fingerprint density at radius 3 is 2.39 bits per heavy atom. The van der Waals surface area contributed by atoms with Gasteiger partial charge in [0.1, 0.15) is 18.4 Å². The Hall–Kier alpha value is -2.79. The van der Waals surface area contributed by atoms with Gasteiger partial charge in [-0.2, -0.15) is 0 Å². The average molecular weight is 420 g/mol. The van der Waals surface area contributed by atoms with Gasteiger partial charge in [-0.15, -0.1) is 0 Å². The van der Waals surface area contributed by atoms with Gasteiger partial charge in [0.25, 0.3) is 0 Å². The van der Waals surface area contributed by atoms with E-state index in [9.17, 15) is 4.79 Å². The Labute approximate surface area is 185 Å². The lowest BCUT2D eigenvalue weighted by atomic mass is 10.0. The molecule has 5 heteroatoms. The van der Waals surface area contributed by atoms with Gasteiger partial charge in [-0.25, -0.2) is 0 Å². The van der Waals surface area contributed by atoms with E-state index in [1.807, 2.05) is 47.6 Å². The second-order valence-electron chi connectivity index (χ2n) is 8.77. The zero-order valence-corrected chi connectivity index (χ0v) is 18.6. The number of carbonyl (C=O) groups excluding carboxylic acids is 1. The summed E-state index contributed by atoms with van der Waals surface area (Å²) in [6.07, 6.45) is 4.88. The minimum absolute atomic E-state index is 0.101. The van der Waals surface area contributed by atoms with Crippen LogP contribution >= 0.6 is 0 Å². The van der Waals surface area contributed by atoms with Crippen molar-refractivity contribution in [2.24, 2.45) is 5.92 Å². The summed E-state index contributed by atoms with van der Waals surface area (Å²) >= 11 is 0. The van der Waals surface area contributed by atoms with Gasteiger partial charge in [0.15, 0.2) is 0 Å². The fourth-order valence-corrected chi connectivity index (χ4v) is 4.36. The van der Waals surface area contributed by atoms with Crippen LogP contribution in [0.25, 0.3) is 10.8 Å². The second-order valence-corrected chi connectivity index (χ2v) is 8.77. The lowest BCUT2D eigenvalue weighted by Crippen LogP contribution is -2.51. The summed E-state index contributed by atoms with van der Waals surface area (Å²) in [6.45, 7) is 9.23. The van der Waals surface area contributed by atoms with Crippen LogP contribution < -0.4 is 4.74 Å². The standard InChI is InChI=1S/C26H33N3O2/c1-21(2)20-24(28-12-5-6-13-28)26(30)29-16-14-27(15-17-29)18-19-31-25-11-7-9-22-8-3-4-10-23(22)25/h3-13,21,24H,14-20H2,1-2H3. The largest absolute Gasteiger partial charge is 0.492 e. The quantitative estimate of drug-likeness (QED) is 0.541. The Balaban J connectivity index is 1.28. The molecule has 3 aromatic rings. The molecule has 2 heterocycles. The molecule has 164 valence electrons. The molecule has 0 bridgehead atoms. The van der Waals surface area contributed by atoms with E-state index in [0.29, 0.717) is 12.5 Å². The lowest BCUT2D eigenvalue weighted by molar-refractivity contribution is -0.137. The van der Waals surface area contributed by atoms with Gasteiger partial charge in [0.2, 0.25) is 5.91 Å². The molecule has 1 aliphatic heterocycles. The molecule has 0 N–H and O–H groups in total. The fourth-order valence-electron chi connectivity index (χ4n) is 4.36. The molecule has 0 spiro atoms. The molecule has 0 radical (unpaired) electrons. The van der Waals surface area contributed by atoms with Crippen molar-refractivity contribution in [1.29, 1.82) is 0 Å². The molecular weight excluding hydrogens is 386 g/mol. The van der Waals surface area contributed by atoms with Crippen molar-refractivity contribution >= 4 is 16.7 Å². The molecule has 1 aliphatic rings. The maximum absolute atomic E-state index is 13.2. The van der Waals surface area contributed by atoms with Crippen LogP contribution in [0.4, 0.5) is 0 Å². The van der Waals surface area contributed by atoms with Crippen LogP contribution in [-0.2, 0) is 4.79 Å². The summed E-state index contributed by atoms with van der Waals surface area (Å²) in [5, 5.41) is 2.35. The van der Waals surface area contributed by atoms with Gasteiger partial charge in [-0.3, -0.25) is 9.69 Å². The van der Waals surface area contributed by atoms with Crippen molar-refractivity contribution < 1.29 is 9.53 Å². The summed E-state index contributed by atoms with van der Waals surface area (Å²) in [5.41, 5.74) is 0. The zero-order chi connectivity index (χ0) is 21.6. The minimum atomic E-state index is -0.101. The first-order valence-electron chi connectivity index (χ1n) is 11.4. The summed E-state index contributed by atoms with van der Waals surface area (Å²) in [5.74, 6) is 1.66. The van der Waals surface area contributed by atoms with Crippen LogP contribution in [0.2, 0.25) is 0 Å². The predicted octanol–water partition coefficient (Wildman–Crippen LogP) is 4.45. The van der Waals surface area contributed by atoms with E-state index in [4.69, 9.17) is 4.74 Å². The number of benzene rings is 2. The highest BCUT2D eigenvalue weighted by atomic mass is 16.5. The smallest absolute Gasteiger partial charge is 0.245 e. The van der Waals surface area contributed by atoms with Crippen molar-refractivity contribution in [3.05, 3.63) is 67.0 Å². The zero-order valence-electron chi connectivity index (χ0n) is 18.6. The molecule has 4 rings (SSSR count). The highest BCUT2D eigenvalue weighted by Gasteiger charge is 2.28. The number of ether oxygens (including phenoxy) is 1. The van der Waals surface area contributed by atoms with Crippen LogP contribution in [0, 0.1) is 5.92 Å². The molecule has 5 nitrogen and oxygen atoms in total. The Kier molecular flexibility index (Phi) is 6.92. The second kappa shape index (κ2) is 10.0. The van der Waals surface area contributed by atoms with E-state index >= 15 is 0 Å². The van der Waals surface area contributed by atoms with E-state index in [1.165, 1.54) is 5.39 Å². The number of aromatic nitrogens is 1. The van der Waals surface area contributed by atoms with E-state index in [-0.39, 0.29) is 11.9 Å². The molecule has 1 atom stereocenters. The van der Waals surface area contributed by atoms with Crippen LogP contribution in [0.15, 0.2) is 67.0 Å². The molecule has 31 heavy (non-hydrogen) atoms. The summed E-state index contributed by atoms with van der Waals surface area (Å²) < 4.78 is 8.16. The van der Waals surface area contributed by atoms with Gasteiger partial charge in [0.05, 0.1) is 0 Å². The maximum atomic E-state index is 13.2. The van der Waals surface area contributed by atoms with Crippen molar-refractivity contribution in [3.63, 3.8) is 0 Å². The van der Waals surface area contributed by atoms with E-state index < -0.39 is 0 Å². The highest BCUT2D eigenvalue weighted by Crippen LogP contribution is 2.25. The number of hydrogen-bond donors (Lipinski definition) is 0. The topological polar surface area (TPSA) is 37.7 Å². The number of fused-ring (bicyclic) bond motifs is 1. The molecule has 1 aromatic heterocycles. The first-order valence-corrected chi connectivity index (χ1v) is 11.4. The molecule has 2 aromatic carbocycles. The SMILES string of the molecule is CC(C)CC(C(=O)N1CCN(CCOc2cccc3ccccc23)CC1)n1cccc1. The number of nitrogens with zero attached hydrogens (tertiary/aromatic N) is 3. The van der Waals surface area contributed by atoms with E-state index in [1.54, 1.807) is 0 Å². The van der Waals surface area contributed by atoms with Crippen molar-refractivity contribution in [3.8, 4) is 5.75 Å². The molecule has 1 amide bonds. The minimum Gasteiger partial charge on any atom is -0.492 e. The van der Waals surface area contributed by atoms with Gasteiger partial charge in [-0.1, -0.05) is 50.2 Å². The van der Waals surface area contributed by atoms with E-state index in [2.05, 4.69) is 47.6 Å².